The molecular formula is C12H17NO. The zero-order valence-electron chi connectivity index (χ0n) is 9.03. The second-order valence-corrected chi connectivity index (χ2v) is 3.76. The van der Waals surface area contributed by atoms with Gasteiger partial charge in [0.25, 0.3) is 0 Å². The second-order valence-electron chi connectivity index (χ2n) is 3.76. The SMILES string of the molecule is Cc1cccc(CON=CC(C)C)c1. The molecular weight excluding hydrogens is 174 g/mol. The van der Waals surface area contributed by atoms with Crippen molar-refractivity contribution >= 4 is 6.21 Å². The van der Waals surface area contributed by atoms with Gasteiger partial charge in [0.05, 0.1) is 0 Å². The molecule has 2 heteroatoms. The number of hydrogen-bond donors (Lipinski definition) is 0. The van der Waals surface area contributed by atoms with E-state index in [9.17, 15) is 0 Å². The Labute approximate surface area is 85.6 Å². The van der Waals surface area contributed by atoms with Gasteiger partial charge in [0, 0.05) is 6.21 Å². The van der Waals surface area contributed by atoms with E-state index in [4.69, 9.17) is 4.84 Å². The van der Waals surface area contributed by atoms with Gasteiger partial charge in [0.15, 0.2) is 0 Å². The largest absolute Gasteiger partial charge is 0.391 e. The lowest BCUT2D eigenvalue weighted by molar-refractivity contribution is 0.131. The molecule has 0 atom stereocenters. The number of nitrogens with zero attached hydrogens (tertiary/aromatic N) is 1. The normalized spacial score (nSPS) is 11.1. The van der Waals surface area contributed by atoms with Crippen LogP contribution in [0.1, 0.15) is 25.0 Å². The zero-order chi connectivity index (χ0) is 10.4. The van der Waals surface area contributed by atoms with Crippen LogP contribution in [0.25, 0.3) is 0 Å². The highest BCUT2D eigenvalue weighted by Crippen LogP contribution is 2.05. The van der Waals surface area contributed by atoms with Gasteiger partial charge >= 0.3 is 0 Å². The van der Waals surface area contributed by atoms with Gasteiger partial charge in [-0.2, -0.15) is 0 Å². The predicted molar refractivity (Wildman–Crippen MR) is 59.3 cm³/mol. The van der Waals surface area contributed by atoms with Gasteiger partial charge in [0.1, 0.15) is 6.61 Å². The fourth-order valence-corrected chi connectivity index (χ4v) is 1.08. The van der Waals surface area contributed by atoms with Gasteiger partial charge in [-0.3, -0.25) is 0 Å². The summed E-state index contributed by atoms with van der Waals surface area (Å²) >= 11 is 0. The number of oxime groups is 1. The van der Waals surface area contributed by atoms with E-state index in [0.29, 0.717) is 12.5 Å². The summed E-state index contributed by atoms with van der Waals surface area (Å²) in [5.74, 6) is 0.438. The molecule has 0 aromatic heterocycles. The molecule has 76 valence electrons. The van der Waals surface area contributed by atoms with Crippen molar-refractivity contribution in [2.45, 2.75) is 27.4 Å². The molecule has 0 heterocycles. The van der Waals surface area contributed by atoms with Crippen LogP contribution >= 0.6 is 0 Å². The van der Waals surface area contributed by atoms with Crippen LogP contribution < -0.4 is 0 Å². The van der Waals surface area contributed by atoms with Crippen molar-refractivity contribution in [1.82, 2.24) is 0 Å². The minimum absolute atomic E-state index is 0.438. The van der Waals surface area contributed by atoms with Gasteiger partial charge in [-0.25, -0.2) is 0 Å². The molecule has 0 radical (unpaired) electrons. The van der Waals surface area contributed by atoms with E-state index in [0.717, 1.165) is 5.56 Å². The van der Waals surface area contributed by atoms with E-state index in [1.807, 2.05) is 12.1 Å². The van der Waals surface area contributed by atoms with Crippen molar-refractivity contribution in [2.75, 3.05) is 0 Å². The van der Waals surface area contributed by atoms with E-state index in [1.54, 1.807) is 6.21 Å². The van der Waals surface area contributed by atoms with Gasteiger partial charge in [-0.15, -0.1) is 0 Å². The van der Waals surface area contributed by atoms with E-state index >= 15 is 0 Å². The standard InChI is InChI=1S/C12H17NO/c1-10(2)8-13-14-9-12-6-4-5-11(3)7-12/h4-8,10H,9H2,1-3H3. The first kappa shape index (κ1) is 10.8. The van der Waals surface area contributed by atoms with Crippen LogP contribution in [0, 0.1) is 12.8 Å². The van der Waals surface area contributed by atoms with Crippen molar-refractivity contribution in [3.63, 3.8) is 0 Å². The molecule has 0 aliphatic rings. The Hall–Kier alpha value is -1.31. The minimum atomic E-state index is 0.438. The number of aryl methyl sites for hydroxylation is 1. The summed E-state index contributed by atoms with van der Waals surface area (Å²) in [4.78, 5) is 5.15. The minimum Gasteiger partial charge on any atom is -0.391 e. The molecule has 1 rings (SSSR count). The van der Waals surface area contributed by atoms with Gasteiger partial charge in [0.2, 0.25) is 0 Å². The van der Waals surface area contributed by atoms with Crippen LogP contribution in [0.3, 0.4) is 0 Å². The topological polar surface area (TPSA) is 21.6 Å². The fraction of sp³-hybridized carbons (Fsp3) is 0.417. The summed E-state index contributed by atoms with van der Waals surface area (Å²) in [7, 11) is 0. The molecule has 0 unspecified atom stereocenters. The summed E-state index contributed by atoms with van der Waals surface area (Å²) in [6.45, 7) is 6.75. The maximum Gasteiger partial charge on any atom is 0.142 e. The first-order valence-corrected chi connectivity index (χ1v) is 4.89. The predicted octanol–water partition coefficient (Wildman–Crippen LogP) is 3.15. The summed E-state index contributed by atoms with van der Waals surface area (Å²) in [5, 5.41) is 3.87. The molecule has 0 aliphatic carbocycles. The molecule has 0 spiro atoms. The Morgan fingerprint density at radius 3 is 2.86 bits per heavy atom. The summed E-state index contributed by atoms with van der Waals surface area (Å²) in [6, 6.07) is 8.24. The Bertz CT molecular complexity index is 305. The molecule has 0 amide bonds. The maximum atomic E-state index is 5.15. The lowest BCUT2D eigenvalue weighted by Gasteiger charge is -2.01. The highest BCUT2D eigenvalue weighted by Gasteiger charge is 1.92. The second kappa shape index (κ2) is 5.43. The summed E-state index contributed by atoms with van der Waals surface area (Å²) in [6.07, 6.45) is 1.80. The van der Waals surface area contributed by atoms with E-state index in [2.05, 4.69) is 38.1 Å². The van der Waals surface area contributed by atoms with Crippen LogP contribution in [0.5, 0.6) is 0 Å². The Morgan fingerprint density at radius 1 is 1.43 bits per heavy atom. The lowest BCUT2D eigenvalue weighted by atomic mass is 10.1. The smallest absolute Gasteiger partial charge is 0.142 e. The Kier molecular flexibility index (Phi) is 4.17. The van der Waals surface area contributed by atoms with Crippen molar-refractivity contribution in [1.29, 1.82) is 0 Å². The third-order valence-corrected chi connectivity index (χ3v) is 1.75. The molecule has 0 fully saturated rings. The lowest BCUT2D eigenvalue weighted by Crippen LogP contribution is -1.91. The van der Waals surface area contributed by atoms with E-state index in [1.165, 1.54) is 5.56 Å². The zero-order valence-corrected chi connectivity index (χ0v) is 9.03. The van der Waals surface area contributed by atoms with Crippen LogP contribution in [0.4, 0.5) is 0 Å². The third kappa shape index (κ3) is 4.08. The average molecular weight is 191 g/mol. The molecule has 1 aromatic rings. The molecule has 0 saturated heterocycles. The fourth-order valence-electron chi connectivity index (χ4n) is 1.08. The Morgan fingerprint density at radius 2 is 2.21 bits per heavy atom. The molecule has 0 bridgehead atoms. The van der Waals surface area contributed by atoms with Crippen molar-refractivity contribution in [2.24, 2.45) is 11.1 Å². The molecule has 2 nitrogen and oxygen atoms in total. The van der Waals surface area contributed by atoms with Crippen LogP contribution in [-0.4, -0.2) is 6.21 Å². The number of benzene rings is 1. The average Bonchev–Trinajstić information content (AvgIpc) is 2.12. The number of hydrogen-bond acceptors (Lipinski definition) is 2. The molecule has 0 saturated carbocycles. The van der Waals surface area contributed by atoms with Gasteiger partial charge in [-0.05, 0) is 18.4 Å². The van der Waals surface area contributed by atoms with E-state index in [-0.39, 0.29) is 0 Å². The van der Waals surface area contributed by atoms with Crippen LogP contribution in [-0.2, 0) is 11.4 Å². The number of rotatable bonds is 4. The van der Waals surface area contributed by atoms with Crippen LogP contribution in [0.15, 0.2) is 29.4 Å². The summed E-state index contributed by atoms with van der Waals surface area (Å²) < 4.78 is 0. The Balaban J connectivity index is 2.38. The third-order valence-electron chi connectivity index (χ3n) is 1.75. The highest BCUT2D eigenvalue weighted by molar-refractivity contribution is 5.58. The molecule has 0 N–H and O–H groups in total. The van der Waals surface area contributed by atoms with Crippen molar-refractivity contribution in [3.05, 3.63) is 35.4 Å². The molecule has 0 aliphatic heterocycles. The quantitative estimate of drug-likeness (QED) is 0.529. The first-order chi connectivity index (χ1) is 6.68. The first-order valence-electron chi connectivity index (χ1n) is 4.89. The molecule has 1 aromatic carbocycles. The van der Waals surface area contributed by atoms with Crippen LogP contribution in [0.2, 0.25) is 0 Å². The van der Waals surface area contributed by atoms with Crippen molar-refractivity contribution in [3.8, 4) is 0 Å². The summed E-state index contributed by atoms with van der Waals surface area (Å²) in [5.41, 5.74) is 2.41. The van der Waals surface area contributed by atoms with Crippen molar-refractivity contribution < 1.29 is 4.84 Å². The molecule has 14 heavy (non-hydrogen) atoms. The maximum absolute atomic E-state index is 5.15. The highest BCUT2D eigenvalue weighted by atomic mass is 16.6. The monoisotopic (exact) mass is 191 g/mol. The van der Waals surface area contributed by atoms with Gasteiger partial charge < -0.3 is 4.84 Å². The van der Waals surface area contributed by atoms with Gasteiger partial charge in [-0.1, -0.05) is 48.8 Å². The van der Waals surface area contributed by atoms with E-state index < -0.39 is 0 Å².